The van der Waals surface area contributed by atoms with Crippen molar-refractivity contribution in [3.63, 3.8) is 0 Å². The molecule has 0 saturated carbocycles. The molecule has 2 aromatic heterocycles. The molecular weight excluding hydrogens is 426 g/mol. The van der Waals surface area contributed by atoms with Crippen LogP contribution in [0.1, 0.15) is 45.6 Å². The lowest BCUT2D eigenvalue weighted by Gasteiger charge is -2.32. The highest BCUT2D eigenvalue weighted by atomic mass is 32.2. The summed E-state index contributed by atoms with van der Waals surface area (Å²) in [5.74, 6) is 1.88. The largest absolute Gasteiger partial charge is 0.361 e. The van der Waals surface area contributed by atoms with Crippen molar-refractivity contribution in [2.75, 3.05) is 13.1 Å². The smallest absolute Gasteiger partial charge is 0.255 e. The predicted octanol–water partition coefficient (Wildman–Crippen LogP) is 5.90. The maximum Gasteiger partial charge on any atom is 0.255 e. The fraction of sp³-hybridized carbons (Fsp3) is 0.292. The molecule has 0 unspecified atom stereocenters. The second-order valence-electron chi connectivity index (χ2n) is 7.82. The molecular formula is C24H23N3O2S2. The SMILES string of the molecule is Cc1cc(CSc2ccccc2C(=O)N2CCC[C@@H](c3nc4ccccc4s3)C2)no1. The summed E-state index contributed by atoms with van der Waals surface area (Å²) >= 11 is 3.38. The van der Waals surface area contributed by atoms with E-state index in [2.05, 4.69) is 23.4 Å². The maximum absolute atomic E-state index is 13.4. The zero-order valence-electron chi connectivity index (χ0n) is 17.3. The average molecular weight is 450 g/mol. The normalized spacial score (nSPS) is 16.7. The monoisotopic (exact) mass is 449 g/mol. The number of carbonyl (C=O) groups is 1. The Hall–Kier alpha value is -2.64. The molecule has 1 fully saturated rings. The third-order valence-electron chi connectivity index (χ3n) is 5.54. The molecule has 1 aliphatic rings. The number of hydrogen-bond donors (Lipinski definition) is 0. The van der Waals surface area contributed by atoms with E-state index in [4.69, 9.17) is 9.51 Å². The fourth-order valence-electron chi connectivity index (χ4n) is 4.01. The summed E-state index contributed by atoms with van der Waals surface area (Å²) in [6.07, 6.45) is 2.07. The first kappa shape index (κ1) is 20.3. The highest BCUT2D eigenvalue weighted by Gasteiger charge is 2.28. The third kappa shape index (κ3) is 4.38. The van der Waals surface area contributed by atoms with Gasteiger partial charge in [0.25, 0.3) is 5.91 Å². The molecule has 3 heterocycles. The van der Waals surface area contributed by atoms with E-state index >= 15 is 0 Å². The number of fused-ring (bicyclic) bond motifs is 1. The van der Waals surface area contributed by atoms with Crippen LogP contribution in [0.15, 0.2) is 64.0 Å². The molecule has 0 bridgehead atoms. The number of likely N-dealkylation sites (tertiary alicyclic amines) is 1. The van der Waals surface area contributed by atoms with Crippen LogP contribution >= 0.6 is 23.1 Å². The molecule has 1 saturated heterocycles. The minimum atomic E-state index is 0.102. The van der Waals surface area contributed by atoms with Gasteiger partial charge in [-0.05, 0) is 44.0 Å². The number of aryl methyl sites for hydroxylation is 1. The number of rotatable bonds is 5. The number of aromatic nitrogens is 2. The van der Waals surface area contributed by atoms with Crippen molar-refractivity contribution in [1.82, 2.24) is 15.0 Å². The molecule has 0 spiro atoms. The lowest BCUT2D eigenvalue weighted by molar-refractivity contribution is 0.0703. The molecule has 1 aliphatic heterocycles. The maximum atomic E-state index is 13.4. The van der Waals surface area contributed by atoms with Crippen LogP contribution < -0.4 is 0 Å². The topological polar surface area (TPSA) is 59.2 Å². The van der Waals surface area contributed by atoms with Gasteiger partial charge in [-0.1, -0.05) is 29.4 Å². The van der Waals surface area contributed by atoms with Crippen LogP contribution in [-0.4, -0.2) is 34.0 Å². The standard InChI is InChI=1S/C24H23N3O2S2/c1-16-13-18(26-29-16)15-30-21-10-4-2-8-19(21)24(28)27-12-6-7-17(14-27)23-25-20-9-3-5-11-22(20)31-23/h2-5,8-11,13,17H,6-7,12,14-15H2,1H3/t17-/m1/s1. The quantitative estimate of drug-likeness (QED) is 0.355. The van der Waals surface area contributed by atoms with Crippen molar-refractivity contribution in [3.05, 3.63) is 76.6 Å². The third-order valence-corrected chi connectivity index (χ3v) is 7.84. The Morgan fingerprint density at radius 1 is 1.23 bits per heavy atom. The van der Waals surface area contributed by atoms with Gasteiger partial charge in [0.1, 0.15) is 5.76 Å². The van der Waals surface area contributed by atoms with Gasteiger partial charge in [-0.15, -0.1) is 23.1 Å². The number of para-hydroxylation sites is 1. The second-order valence-corrected chi connectivity index (χ2v) is 9.90. The Kier molecular flexibility index (Phi) is 5.78. The lowest BCUT2D eigenvalue weighted by atomic mass is 9.98. The van der Waals surface area contributed by atoms with Crippen LogP contribution in [0.5, 0.6) is 0 Å². The Morgan fingerprint density at radius 3 is 2.90 bits per heavy atom. The van der Waals surface area contributed by atoms with Crippen LogP contribution in [0.25, 0.3) is 10.2 Å². The first-order valence-electron chi connectivity index (χ1n) is 10.5. The molecule has 5 rings (SSSR count). The van der Waals surface area contributed by atoms with E-state index in [-0.39, 0.29) is 5.91 Å². The highest BCUT2D eigenvalue weighted by molar-refractivity contribution is 7.98. The van der Waals surface area contributed by atoms with Gasteiger partial charge in [-0.25, -0.2) is 4.98 Å². The van der Waals surface area contributed by atoms with Crippen LogP contribution in [0.2, 0.25) is 0 Å². The summed E-state index contributed by atoms with van der Waals surface area (Å²) in [7, 11) is 0. The minimum absolute atomic E-state index is 0.102. The van der Waals surface area contributed by atoms with Crippen LogP contribution in [0, 0.1) is 6.92 Å². The Labute approximate surface area is 189 Å². The van der Waals surface area contributed by atoms with Crippen molar-refractivity contribution in [2.45, 2.75) is 36.3 Å². The van der Waals surface area contributed by atoms with Gasteiger partial charge >= 0.3 is 0 Å². The summed E-state index contributed by atoms with van der Waals surface area (Å²) < 4.78 is 6.37. The van der Waals surface area contributed by atoms with Crippen LogP contribution in [0.4, 0.5) is 0 Å². The van der Waals surface area contributed by atoms with Gasteiger partial charge in [0.2, 0.25) is 0 Å². The van der Waals surface area contributed by atoms with E-state index in [1.165, 1.54) is 4.70 Å². The Morgan fingerprint density at radius 2 is 2.06 bits per heavy atom. The molecule has 31 heavy (non-hydrogen) atoms. The van der Waals surface area contributed by atoms with Gasteiger partial charge in [-0.3, -0.25) is 4.79 Å². The number of benzene rings is 2. The minimum Gasteiger partial charge on any atom is -0.361 e. The molecule has 2 aromatic carbocycles. The first-order valence-corrected chi connectivity index (χ1v) is 12.3. The van der Waals surface area contributed by atoms with Gasteiger partial charge in [0.15, 0.2) is 0 Å². The van der Waals surface area contributed by atoms with E-state index in [1.807, 2.05) is 48.2 Å². The summed E-state index contributed by atoms with van der Waals surface area (Å²) in [6.45, 7) is 3.40. The molecule has 5 nitrogen and oxygen atoms in total. The second kappa shape index (κ2) is 8.85. The van der Waals surface area contributed by atoms with E-state index in [0.717, 1.165) is 58.4 Å². The van der Waals surface area contributed by atoms with Crippen LogP contribution in [0.3, 0.4) is 0 Å². The van der Waals surface area contributed by atoms with E-state index in [0.29, 0.717) is 11.7 Å². The van der Waals surface area contributed by atoms with Crippen molar-refractivity contribution in [1.29, 1.82) is 0 Å². The van der Waals surface area contributed by atoms with Gasteiger partial charge in [0, 0.05) is 35.7 Å². The fourth-order valence-corrected chi connectivity index (χ4v) is 6.02. The number of hydrogen-bond acceptors (Lipinski definition) is 6. The summed E-state index contributed by atoms with van der Waals surface area (Å²) in [5, 5.41) is 5.20. The number of piperidine rings is 1. The highest BCUT2D eigenvalue weighted by Crippen LogP contribution is 2.34. The van der Waals surface area contributed by atoms with Crippen molar-refractivity contribution < 1.29 is 9.32 Å². The molecule has 7 heteroatoms. The van der Waals surface area contributed by atoms with Gasteiger partial charge < -0.3 is 9.42 Å². The Bertz CT molecular complexity index is 1180. The van der Waals surface area contributed by atoms with Gasteiger partial charge in [-0.2, -0.15) is 0 Å². The zero-order chi connectivity index (χ0) is 21.2. The zero-order valence-corrected chi connectivity index (χ0v) is 18.9. The molecule has 0 N–H and O–H groups in total. The average Bonchev–Trinajstić information content (AvgIpc) is 3.43. The summed E-state index contributed by atoms with van der Waals surface area (Å²) in [5.41, 5.74) is 2.70. The van der Waals surface area contributed by atoms with Crippen LogP contribution in [-0.2, 0) is 5.75 Å². The summed E-state index contributed by atoms with van der Waals surface area (Å²) in [4.78, 5) is 21.3. The van der Waals surface area contributed by atoms with Crippen molar-refractivity contribution >= 4 is 39.2 Å². The summed E-state index contributed by atoms with van der Waals surface area (Å²) in [6, 6.07) is 18.1. The number of carbonyl (C=O) groups excluding carboxylic acids is 1. The van der Waals surface area contributed by atoms with Crippen molar-refractivity contribution in [3.8, 4) is 0 Å². The molecule has 0 radical (unpaired) electrons. The number of nitrogens with zero attached hydrogens (tertiary/aromatic N) is 3. The first-order chi connectivity index (χ1) is 15.2. The molecule has 1 atom stereocenters. The van der Waals surface area contributed by atoms with Gasteiger partial charge in [0.05, 0.1) is 26.5 Å². The van der Waals surface area contributed by atoms with Crippen molar-refractivity contribution in [2.24, 2.45) is 0 Å². The van der Waals surface area contributed by atoms with E-state index < -0.39 is 0 Å². The Balaban J connectivity index is 1.32. The number of amides is 1. The number of thiazole rings is 1. The number of thioether (sulfide) groups is 1. The molecule has 0 aliphatic carbocycles. The predicted molar refractivity (Wildman–Crippen MR) is 125 cm³/mol. The van der Waals surface area contributed by atoms with E-state index in [1.54, 1.807) is 23.1 Å². The lowest BCUT2D eigenvalue weighted by Crippen LogP contribution is -2.39. The van der Waals surface area contributed by atoms with E-state index in [9.17, 15) is 4.79 Å². The molecule has 158 valence electrons. The molecule has 1 amide bonds. The molecule has 4 aromatic rings.